The predicted octanol–water partition coefficient (Wildman–Crippen LogP) is 9.36. The van der Waals surface area contributed by atoms with Crippen molar-refractivity contribution in [2.24, 2.45) is 47.6 Å². The summed E-state index contributed by atoms with van der Waals surface area (Å²) in [5, 5.41) is 37.1. The van der Waals surface area contributed by atoms with Gasteiger partial charge in [-0.1, -0.05) is 0 Å². The SMILES string of the molecule is Cn1nc(C(F)F)cc1Nc1nncn1[C@H]1CCc2sc(CC(=O)[C@H]3CC34CC4)c(C(=O)N[C@@H]3CC34CC4)c2C1.Cn1nc(C(F)F)cc1Nc1nncn1[C@H]1CCc2sc(CC(=O)[C@H]3CC34CC4)c(C(=O)N[C@H]3CC34CC4)c2C1. The molecule has 0 radical (unpaired) electrons. The van der Waals surface area contributed by atoms with Crippen LogP contribution in [0.4, 0.5) is 41.1 Å². The van der Waals surface area contributed by atoms with E-state index in [0.29, 0.717) is 82.0 Å². The van der Waals surface area contributed by atoms with Crippen molar-refractivity contribution in [1.82, 2.24) is 59.7 Å². The third kappa shape index (κ3) is 8.99. The van der Waals surface area contributed by atoms with Crippen LogP contribution in [-0.2, 0) is 62.2 Å². The van der Waals surface area contributed by atoms with Crippen LogP contribution in [0.25, 0.3) is 0 Å². The summed E-state index contributed by atoms with van der Waals surface area (Å²) in [5.74, 6) is 2.51. The van der Waals surface area contributed by atoms with Gasteiger partial charge >= 0.3 is 0 Å². The molecule has 4 N–H and O–H groups in total. The maximum Gasteiger partial charge on any atom is 0.282 e. The van der Waals surface area contributed by atoms with Crippen LogP contribution in [0.2, 0.25) is 0 Å². The van der Waals surface area contributed by atoms with Crippen molar-refractivity contribution in [3.05, 3.63) is 77.9 Å². The van der Waals surface area contributed by atoms with Crippen LogP contribution in [-0.4, -0.2) is 84.6 Å². The first-order valence-corrected chi connectivity index (χ1v) is 30.0. The van der Waals surface area contributed by atoms with Gasteiger partial charge < -0.3 is 21.3 Å². The Kier molecular flexibility index (Phi) is 11.5. The van der Waals surface area contributed by atoms with Crippen molar-refractivity contribution in [1.29, 1.82) is 0 Å². The zero-order valence-corrected chi connectivity index (χ0v) is 46.1. The number of halogens is 4. The van der Waals surface area contributed by atoms with E-state index >= 15 is 0 Å². The molecule has 6 aromatic heterocycles. The first kappa shape index (κ1) is 50.6. The summed E-state index contributed by atoms with van der Waals surface area (Å²) in [6, 6.07) is 3.08. The van der Waals surface area contributed by atoms with Gasteiger partial charge in [-0.15, -0.1) is 43.1 Å². The van der Waals surface area contributed by atoms with Crippen LogP contribution in [0, 0.1) is 33.5 Å². The molecule has 10 aliphatic carbocycles. The van der Waals surface area contributed by atoms with Gasteiger partial charge in [-0.25, -0.2) is 17.6 Å². The summed E-state index contributed by atoms with van der Waals surface area (Å²) in [5.41, 5.74) is 4.15. The molecule has 0 saturated heterocycles. The minimum Gasteiger partial charge on any atom is -0.349 e. The molecule has 24 heteroatoms. The molecule has 6 aromatic rings. The van der Waals surface area contributed by atoms with Gasteiger partial charge in [0.05, 0.1) is 11.1 Å². The van der Waals surface area contributed by atoms with Gasteiger partial charge in [0, 0.05) is 94.6 Å². The standard InChI is InChI=1S/2C28H31F2N7O2S/c2*1-36-22(9-17(35-36)24(29)30)33-26-34-31-13-37(26)14-2-3-19-15(8-14)23(25(39)32-21-12-28(21)6-7-28)20(40-19)10-18(38)16-11-27(16)4-5-27/h2*9,13-14,16,21,24H,2-8,10-12H2,1H3,(H,32,39)(H,33,34)/t14-,16+,21+;14-,16+,21-/m00/s1. The summed E-state index contributed by atoms with van der Waals surface area (Å²) in [6.45, 7) is 0. The van der Waals surface area contributed by atoms with Crippen molar-refractivity contribution >= 4 is 69.6 Å². The largest absolute Gasteiger partial charge is 0.349 e. The van der Waals surface area contributed by atoms with E-state index in [4.69, 9.17) is 0 Å². The van der Waals surface area contributed by atoms with E-state index in [1.165, 1.54) is 82.6 Å². The van der Waals surface area contributed by atoms with E-state index in [0.717, 1.165) is 72.2 Å². The molecule has 6 heterocycles. The van der Waals surface area contributed by atoms with E-state index in [2.05, 4.69) is 51.9 Å². The first-order valence-electron chi connectivity index (χ1n) is 28.4. The Hall–Kier alpha value is -6.30. The lowest BCUT2D eigenvalue weighted by Crippen LogP contribution is -2.30. The van der Waals surface area contributed by atoms with Crippen molar-refractivity contribution in [3.8, 4) is 0 Å². The van der Waals surface area contributed by atoms with E-state index in [-0.39, 0.29) is 70.8 Å². The molecule has 2 amide bonds. The quantitative estimate of drug-likeness (QED) is 0.0593. The molecule has 6 atom stereocenters. The number of fused-ring (bicyclic) bond motifs is 2. The Bertz CT molecular complexity index is 3330. The fourth-order valence-corrected chi connectivity index (χ4v) is 16.7. The lowest BCUT2D eigenvalue weighted by Gasteiger charge is -2.25. The summed E-state index contributed by atoms with van der Waals surface area (Å²) < 4.78 is 59.2. The number of ketones is 2. The predicted molar refractivity (Wildman–Crippen MR) is 286 cm³/mol. The molecule has 16 rings (SSSR count). The van der Waals surface area contributed by atoms with Gasteiger partial charge in [-0.2, -0.15) is 10.2 Å². The molecule has 0 aromatic carbocycles. The number of Topliss-reactive ketones (excluding diaryl/α,β-unsaturated/α-hetero) is 2. The number of nitrogens with one attached hydrogen (secondary N) is 4. The fraction of sp³-hybridized carbons (Fsp3) is 0.607. The van der Waals surface area contributed by atoms with Gasteiger partial charge in [0.25, 0.3) is 24.7 Å². The summed E-state index contributed by atoms with van der Waals surface area (Å²) >= 11 is 3.28. The van der Waals surface area contributed by atoms with Crippen molar-refractivity contribution in [2.75, 3.05) is 10.6 Å². The van der Waals surface area contributed by atoms with Crippen molar-refractivity contribution < 1.29 is 36.7 Å². The third-order valence-corrected chi connectivity index (χ3v) is 22.7. The first-order chi connectivity index (χ1) is 38.5. The smallest absolute Gasteiger partial charge is 0.282 e. The highest BCUT2D eigenvalue weighted by Gasteiger charge is 2.67. The Morgan fingerprint density at radius 3 is 1.34 bits per heavy atom. The minimum absolute atomic E-state index is 0.0219. The Morgan fingerprint density at radius 2 is 1.00 bits per heavy atom. The van der Waals surface area contributed by atoms with Crippen molar-refractivity contribution in [2.45, 2.75) is 165 Å². The Morgan fingerprint density at radius 1 is 0.600 bits per heavy atom. The number of carbonyl (C=O) groups excluding carboxylic acids is 4. The normalized spacial score (nSPS) is 26.1. The second-order valence-corrected chi connectivity index (χ2v) is 27.6. The molecule has 80 heavy (non-hydrogen) atoms. The number of hydrogen-bond donors (Lipinski definition) is 4. The number of thiophene rings is 2. The number of anilines is 4. The van der Waals surface area contributed by atoms with Crippen LogP contribution in [0.3, 0.4) is 0 Å². The molecular weight excluding hydrogens is 1070 g/mol. The van der Waals surface area contributed by atoms with Gasteiger partial charge in [0.1, 0.15) is 47.2 Å². The van der Waals surface area contributed by atoms with Crippen LogP contribution in [0.15, 0.2) is 24.8 Å². The van der Waals surface area contributed by atoms with Crippen LogP contribution in [0.5, 0.6) is 0 Å². The molecule has 0 unspecified atom stereocenters. The van der Waals surface area contributed by atoms with E-state index < -0.39 is 12.9 Å². The fourth-order valence-electron chi connectivity index (χ4n) is 13.9. The summed E-state index contributed by atoms with van der Waals surface area (Å²) in [4.78, 5) is 58.1. The molecule has 0 aliphatic heterocycles. The molecule has 4 spiro atoms. The lowest BCUT2D eigenvalue weighted by molar-refractivity contribution is -0.120. The van der Waals surface area contributed by atoms with E-state index in [1.54, 1.807) is 49.4 Å². The Labute approximate surface area is 465 Å². The summed E-state index contributed by atoms with van der Waals surface area (Å²) in [7, 11) is 3.19. The second kappa shape index (κ2) is 18.1. The molecule has 0 bridgehead atoms. The van der Waals surface area contributed by atoms with Crippen LogP contribution >= 0.6 is 22.7 Å². The number of rotatable bonds is 18. The lowest BCUT2D eigenvalue weighted by atomic mass is 9.89. The van der Waals surface area contributed by atoms with Crippen molar-refractivity contribution in [3.63, 3.8) is 0 Å². The highest BCUT2D eigenvalue weighted by Crippen LogP contribution is 2.72. The topological polar surface area (TPSA) is 213 Å². The second-order valence-electron chi connectivity index (χ2n) is 25.2. The maximum atomic E-state index is 13.7. The van der Waals surface area contributed by atoms with Gasteiger partial charge in [-0.3, -0.25) is 37.7 Å². The zero-order valence-electron chi connectivity index (χ0n) is 44.5. The highest BCUT2D eigenvalue weighted by atomic mass is 32.1. The number of nitrogens with zero attached hydrogens (tertiary/aromatic N) is 10. The van der Waals surface area contributed by atoms with Gasteiger partial charge in [-0.05, 0) is 148 Å². The zero-order chi connectivity index (χ0) is 54.8. The molecule has 8 saturated carbocycles. The molecular formula is C56H62F4N14O4S2. The van der Waals surface area contributed by atoms with E-state index in [1.807, 2.05) is 9.13 Å². The van der Waals surface area contributed by atoms with Crippen LogP contribution < -0.4 is 21.3 Å². The number of aromatic nitrogens is 10. The average Bonchev–Trinajstić information content (AvgIpc) is 4.20. The Balaban J connectivity index is 0.000000138. The number of amides is 2. The number of carbonyl (C=O) groups is 4. The molecule has 8 fully saturated rings. The molecule has 18 nitrogen and oxygen atoms in total. The average molecular weight is 1140 g/mol. The molecule has 420 valence electrons. The van der Waals surface area contributed by atoms with Gasteiger partial charge in [0.15, 0.2) is 0 Å². The maximum absolute atomic E-state index is 13.7. The minimum atomic E-state index is -2.67. The van der Waals surface area contributed by atoms with E-state index in [9.17, 15) is 36.7 Å². The molecule has 10 aliphatic rings. The van der Waals surface area contributed by atoms with Gasteiger partial charge in [0.2, 0.25) is 11.9 Å². The summed E-state index contributed by atoms with van der Waals surface area (Å²) in [6.07, 6.45) is 16.7. The number of hydrogen-bond acceptors (Lipinski definition) is 14. The number of alkyl halides is 4. The third-order valence-electron chi connectivity index (χ3n) is 20.1. The monoisotopic (exact) mass is 1130 g/mol. The number of aryl methyl sites for hydroxylation is 4. The van der Waals surface area contributed by atoms with Crippen LogP contribution in [0.1, 0.15) is 178 Å². The highest BCUT2D eigenvalue weighted by molar-refractivity contribution is 7.13.